The fraction of sp³-hybridized carbons (Fsp3) is 0.200. The van der Waals surface area contributed by atoms with Crippen molar-refractivity contribution in [1.29, 1.82) is 0 Å². The Morgan fingerprint density at radius 1 is 0.925 bits per heavy atom. The Labute approximate surface area is 232 Å². The largest absolute Gasteiger partial charge is 0.454 e. The second-order valence-corrected chi connectivity index (χ2v) is 11.0. The summed E-state index contributed by atoms with van der Waals surface area (Å²) >= 11 is 0. The van der Waals surface area contributed by atoms with Gasteiger partial charge in [0.05, 0.1) is 16.1 Å². The second kappa shape index (κ2) is 10.9. The molecule has 40 heavy (non-hydrogen) atoms. The van der Waals surface area contributed by atoms with Gasteiger partial charge >= 0.3 is 5.97 Å². The minimum atomic E-state index is -3.83. The molecule has 0 unspecified atom stereocenters. The van der Waals surface area contributed by atoms with Crippen molar-refractivity contribution in [3.05, 3.63) is 101 Å². The lowest BCUT2D eigenvalue weighted by Crippen LogP contribution is -2.30. The van der Waals surface area contributed by atoms with Gasteiger partial charge in [-0.15, -0.1) is 0 Å². The molecule has 0 radical (unpaired) electrons. The summed E-state index contributed by atoms with van der Waals surface area (Å²) in [6.45, 7) is 5.41. The molecule has 1 aliphatic rings. The molecule has 1 aliphatic heterocycles. The van der Waals surface area contributed by atoms with Gasteiger partial charge in [0, 0.05) is 35.2 Å². The van der Waals surface area contributed by atoms with Crippen LogP contribution < -0.4 is 13.8 Å². The van der Waals surface area contributed by atoms with E-state index in [2.05, 4.69) is 0 Å². The highest BCUT2D eigenvalue weighted by molar-refractivity contribution is 7.92. The van der Waals surface area contributed by atoms with E-state index in [4.69, 9.17) is 14.2 Å². The molecule has 0 bridgehead atoms. The number of Topliss-reactive ketones (excluding diaryl/α,β-unsaturated/α-hetero) is 1. The Morgan fingerprint density at radius 2 is 1.62 bits per heavy atom. The van der Waals surface area contributed by atoms with Crippen LogP contribution in [0.3, 0.4) is 0 Å². The van der Waals surface area contributed by atoms with Gasteiger partial charge < -0.3 is 18.8 Å². The summed E-state index contributed by atoms with van der Waals surface area (Å²) in [5.74, 6) is 0.221. The predicted octanol–water partition coefficient (Wildman–Crippen LogP) is 5.08. The number of hydrogen-bond donors (Lipinski definition) is 0. The minimum Gasteiger partial charge on any atom is -0.454 e. The molecular weight excluding hydrogens is 532 g/mol. The molecule has 2 heterocycles. The predicted molar refractivity (Wildman–Crippen MR) is 149 cm³/mol. The third-order valence-corrected chi connectivity index (χ3v) is 8.61. The summed E-state index contributed by atoms with van der Waals surface area (Å²) in [4.78, 5) is 25.7. The SMILES string of the molecule is CCN(c1ccccc1)S(=O)(=O)c1ccc(C(=O)OCC(=O)c2cc(C)n(-c3ccc4c(c3)OCO4)c2C)cc1. The highest BCUT2D eigenvalue weighted by atomic mass is 32.2. The first-order valence-electron chi connectivity index (χ1n) is 12.7. The second-order valence-electron chi connectivity index (χ2n) is 9.19. The molecule has 0 atom stereocenters. The maximum Gasteiger partial charge on any atom is 0.338 e. The van der Waals surface area contributed by atoms with Crippen LogP contribution in [0.2, 0.25) is 0 Å². The lowest BCUT2D eigenvalue weighted by molar-refractivity contribution is 0.0474. The lowest BCUT2D eigenvalue weighted by Gasteiger charge is -2.22. The number of anilines is 1. The van der Waals surface area contributed by atoms with Crippen LogP contribution in [0.15, 0.2) is 83.8 Å². The van der Waals surface area contributed by atoms with Crippen molar-refractivity contribution in [3.63, 3.8) is 0 Å². The Balaban J connectivity index is 1.27. The zero-order valence-corrected chi connectivity index (χ0v) is 23.1. The van der Waals surface area contributed by atoms with E-state index in [0.29, 0.717) is 28.4 Å². The topological polar surface area (TPSA) is 104 Å². The van der Waals surface area contributed by atoms with Crippen molar-refractivity contribution in [1.82, 2.24) is 4.57 Å². The van der Waals surface area contributed by atoms with Crippen molar-refractivity contribution in [3.8, 4) is 17.2 Å². The van der Waals surface area contributed by atoms with E-state index in [9.17, 15) is 18.0 Å². The van der Waals surface area contributed by atoms with E-state index in [1.807, 2.05) is 42.7 Å². The van der Waals surface area contributed by atoms with Crippen LogP contribution in [0.25, 0.3) is 5.69 Å². The number of sulfonamides is 1. The molecule has 1 aromatic heterocycles. The van der Waals surface area contributed by atoms with Crippen molar-refractivity contribution in [2.75, 3.05) is 24.2 Å². The Bertz CT molecular complexity index is 1680. The van der Waals surface area contributed by atoms with Crippen LogP contribution in [0.1, 0.15) is 39.0 Å². The third kappa shape index (κ3) is 5.05. The van der Waals surface area contributed by atoms with E-state index >= 15 is 0 Å². The molecule has 0 amide bonds. The van der Waals surface area contributed by atoms with Gasteiger partial charge in [0.25, 0.3) is 10.0 Å². The van der Waals surface area contributed by atoms with Crippen LogP contribution in [-0.2, 0) is 14.8 Å². The summed E-state index contributed by atoms with van der Waals surface area (Å²) in [6.07, 6.45) is 0. The van der Waals surface area contributed by atoms with Crippen molar-refractivity contribution in [2.45, 2.75) is 25.7 Å². The Kier molecular flexibility index (Phi) is 7.36. The van der Waals surface area contributed by atoms with Crippen molar-refractivity contribution in [2.24, 2.45) is 0 Å². The molecule has 5 rings (SSSR count). The van der Waals surface area contributed by atoms with Gasteiger partial charge in [-0.3, -0.25) is 9.10 Å². The highest BCUT2D eigenvalue weighted by Crippen LogP contribution is 2.35. The average Bonchev–Trinajstić information content (AvgIpc) is 3.55. The van der Waals surface area contributed by atoms with Crippen LogP contribution in [0.5, 0.6) is 11.5 Å². The zero-order chi connectivity index (χ0) is 28.4. The summed E-state index contributed by atoms with van der Waals surface area (Å²) in [5.41, 5.74) is 3.47. The molecule has 0 fully saturated rings. The first kappa shape index (κ1) is 27.0. The quantitative estimate of drug-likeness (QED) is 0.208. The Hall–Kier alpha value is -4.57. The summed E-state index contributed by atoms with van der Waals surface area (Å²) < 4.78 is 45.7. The number of aryl methyl sites for hydroxylation is 1. The molecule has 0 N–H and O–H groups in total. The smallest absolute Gasteiger partial charge is 0.338 e. The summed E-state index contributed by atoms with van der Waals surface area (Å²) in [7, 11) is -3.83. The van der Waals surface area contributed by atoms with Crippen LogP contribution in [0.4, 0.5) is 5.69 Å². The van der Waals surface area contributed by atoms with E-state index in [-0.39, 0.29) is 29.6 Å². The number of aromatic nitrogens is 1. The van der Waals surface area contributed by atoms with Crippen LogP contribution in [-0.4, -0.2) is 44.7 Å². The molecule has 9 nitrogen and oxygen atoms in total. The molecule has 0 aliphatic carbocycles. The minimum absolute atomic E-state index is 0.0433. The number of benzene rings is 3. The number of rotatable bonds is 9. The van der Waals surface area contributed by atoms with E-state index in [0.717, 1.165) is 11.4 Å². The first-order valence-corrected chi connectivity index (χ1v) is 14.1. The number of carbonyl (C=O) groups is 2. The maximum atomic E-state index is 13.2. The van der Waals surface area contributed by atoms with Crippen LogP contribution in [0, 0.1) is 13.8 Å². The molecule has 0 spiro atoms. The van der Waals surface area contributed by atoms with Gasteiger partial charge in [-0.1, -0.05) is 18.2 Å². The van der Waals surface area contributed by atoms with Gasteiger partial charge in [-0.25, -0.2) is 13.2 Å². The summed E-state index contributed by atoms with van der Waals surface area (Å²) in [5, 5.41) is 0. The first-order chi connectivity index (χ1) is 19.2. The number of para-hydroxylation sites is 1. The van der Waals surface area contributed by atoms with Gasteiger partial charge in [0.1, 0.15) is 0 Å². The average molecular weight is 561 g/mol. The summed E-state index contributed by atoms with van der Waals surface area (Å²) in [6, 6.07) is 21.6. The maximum absolute atomic E-state index is 13.2. The number of fused-ring (bicyclic) bond motifs is 1. The fourth-order valence-electron chi connectivity index (χ4n) is 4.73. The molecule has 10 heteroatoms. The number of nitrogens with zero attached hydrogens (tertiary/aromatic N) is 2. The van der Waals surface area contributed by atoms with E-state index in [1.165, 1.54) is 28.6 Å². The molecule has 0 saturated heterocycles. The lowest BCUT2D eigenvalue weighted by atomic mass is 10.1. The van der Waals surface area contributed by atoms with Gasteiger partial charge in [0.15, 0.2) is 18.1 Å². The number of ether oxygens (including phenoxy) is 3. The van der Waals surface area contributed by atoms with Crippen molar-refractivity contribution < 1.29 is 32.2 Å². The normalized spacial score (nSPS) is 12.3. The van der Waals surface area contributed by atoms with E-state index < -0.39 is 22.6 Å². The van der Waals surface area contributed by atoms with Gasteiger partial charge in [-0.2, -0.15) is 0 Å². The third-order valence-electron chi connectivity index (χ3n) is 6.69. The molecule has 0 saturated carbocycles. The molecule has 3 aromatic carbocycles. The van der Waals surface area contributed by atoms with Crippen LogP contribution >= 0.6 is 0 Å². The number of hydrogen-bond acceptors (Lipinski definition) is 7. The van der Waals surface area contributed by atoms with E-state index in [1.54, 1.807) is 37.3 Å². The highest BCUT2D eigenvalue weighted by Gasteiger charge is 2.25. The standard InChI is InChI=1S/C30H28N2O7S/c1-4-31(23-8-6-5-7-9-23)40(35,36)25-13-10-22(11-14-25)30(34)37-18-27(33)26-16-20(2)32(21(26)3)24-12-15-28-29(17-24)39-19-38-28/h5-17H,4,18-19H2,1-3H3. The number of carbonyl (C=O) groups excluding carboxylic acids is 2. The monoisotopic (exact) mass is 560 g/mol. The van der Waals surface area contributed by atoms with Gasteiger partial charge in [-0.05, 0) is 75.4 Å². The fourth-order valence-corrected chi connectivity index (χ4v) is 6.21. The number of esters is 1. The Morgan fingerprint density at radius 3 is 2.33 bits per heavy atom. The number of ketones is 1. The zero-order valence-electron chi connectivity index (χ0n) is 22.3. The van der Waals surface area contributed by atoms with Crippen molar-refractivity contribution >= 4 is 27.5 Å². The molecule has 206 valence electrons. The van der Waals surface area contributed by atoms with Gasteiger partial charge in [0.2, 0.25) is 12.6 Å². The molecule has 4 aromatic rings. The molecular formula is C30H28N2O7S.